The van der Waals surface area contributed by atoms with Crippen LogP contribution in [0.1, 0.15) is 50.1 Å². The summed E-state index contributed by atoms with van der Waals surface area (Å²) in [6.45, 7) is 6.33. The van der Waals surface area contributed by atoms with Crippen LogP contribution >= 0.6 is 11.6 Å². The highest BCUT2D eigenvalue weighted by Crippen LogP contribution is 2.28. The Kier molecular flexibility index (Phi) is 4.77. The minimum atomic E-state index is -0.527. The van der Waals surface area contributed by atoms with E-state index in [2.05, 4.69) is 22.5 Å². The summed E-state index contributed by atoms with van der Waals surface area (Å²) in [6.07, 6.45) is 7.16. The highest BCUT2D eigenvalue weighted by Gasteiger charge is 2.35. The van der Waals surface area contributed by atoms with Gasteiger partial charge in [-0.3, -0.25) is 4.79 Å². The molecule has 0 bridgehead atoms. The highest BCUT2D eigenvalue weighted by atomic mass is 35.5. The number of imidazole rings is 1. The average Bonchev–Trinajstić information content (AvgIpc) is 3.08. The van der Waals surface area contributed by atoms with Crippen molar-refractivity contribution in [3.8, 4) is 0 Å². The topological polar surface area (TPSA) is 76.5 Å². The van der Waals surface area contributed by atoms with Crippen molar-refractivity contribution in [3.63, 3.8) is 0 Å². The lowest BCUT2D eigenvalue weighted by Crippen LogP contribution is -2.61. The third kappa shape index (κ3) is 3.98. The number of aromatic nitrogens is 2. The van der Waals surface area contributed by atoms with Gasteiger partial charge in [-0.05, 0) is 33.6 Å². The lowest BCUT2D eigenvalue weighted by Gasteiger charge is -2.40. The Morgan fingerprint density at radius 2 is 1.92 bits per heavy atom. The largest absolute Gasteiger partial charge is 0.444 e. The third-order valence-corrected chi connectivity index (χ3v) is 4.49. The summed E-state index contributed by atoms with van der Waals surface area (Å²) in [5.41, 5.74) is -0.146. The lowest BCUT2D eigenvalue weighted by atomic mass is 10.1. The maximum absolute atomic E-state index is 12.6. The number of ether oxygens (including phenoxy) is 1. The first-order valence-electron chi connectivity index (χ1n) is 8.40. The Hall–Kier alpha value is -2.02. The van der Waals surface area contributed by atoms with Crippen LogP contribution in [0.25, 0.3) is 0 Å². The molecule has 1 saturated heterocycles. The van der Waals surface area contributed by atoms with Gasteiger partial charge in [-0.25, -0.2) is 9.78 Å². The van der Waals surface area contributed by atoms with E-state index in [0.717, 1.165) is 12.8 Å². The molecule has 1 aliphatic heterocycles. The van der Waals surface area contributed by atoms with Gasteiger partial charge in [-0.15, -0.1) is 0 Å². The highest BCUT2D eigenvalue weighted by molar-refractivity contribution is 6.32. The minimum absolute atomic E-state index is 0.110. The Balaban J connectivity index is 1.56. The molecule has 8 heteroatoms. The summed E-state index contributed by atoms with van der Waals surface area (Å²) in [6, 6.07) is 0.0709. The molecule has 0 radical (unpaired) electrons. The van der Waals surface area contributed by atoms with Crippen LogP contribution in [-0.4, -0.2) is 51.2 Å². The SMILES string of the molecule is CC(C)(C)OC(=O)N1CC(NC(=O)c2c(Cl)ncn2C2CC=CC2)C1. The molecule has 136 valence electrons. The molecule has 1 fully saturated rings. The van der Waals surface area contributed by atoms with Crippen molar-refractivity contribution in [2.75, 3.05) is 13.1 Å². The second kappa shape index (κ2) is 6.71. The molecule has 7 nitrogen and oxygen atoms in total. The van der Waals surface area contributed by atoms with Crippen molar-refractivity contribution >= 4 is 23.6 Å². The number of likely N-dealkylation sites (tertiary alicyclic amines) is 1. The van der Waals surface area contributed by atoms with Crippen molar-refractivity contribution in [2.24, 2.45) is 0 Å². The van der Waals surface area contributed by atoms with Crippen LogP contribution in [0.3, 0.4) is 0 Å². The monoisotopic (exact) mass is 366 g/mol. The Morgan fingerprint density at radius 1 is 1.28 bits per heavy atom. The molecule has 2 amide bonds. The first-order chi connectivity index (χ1) is 11.7. The first kappa shape index (κ1) is 17.8. The summed E-state index contributed by atoms with van der Waals surface area (Å²) in [5.74, 6) is -0.261. The predicted molar refractivity (Wildman–Crippen MR) is 93.7 cm³/mol. The summed E-state index contributed by atoms with van der Waals surface area (Å²) in [7, 11) is 0. The van der Waals surface area contributed by atoms with Crippen molar-refractivity contribution in [3.05, 3.63) is 29.3 Å². The number of carbonyl (C=O) groups is 2. The van der Waals surface area contributed by atoms with Gasteiger partial charge in [0.15, 0.2) is 5.15 Å². The number of hydrogen-bond donors (Lipinski definition) is 1. The van der Waals surface area contributed by atoms with E-state index in [9.17, 15) is 9.59 Å². The molecule has 0 aromatic carbocycles. The molecule has 25 heavy (non-hydrogen) atoms. The smallest absolute Gasteiger partial charge is 0.410 e. The maximum atomic E-state index is 12.6. The second-order valence-electron chi connectivity index (χ2n) is 7.44. The van der Waals surface area contributed by atoms with E-state index in [1.165, 1.54) is 0 Å². The number of amides is 2. The van der Waals surface area contributed by atoms with E-state index >= 15 is 0 Å². The zero-order chi connectivity index (χ0) is 18.2. The minimum Gasteiger partial charge on any atom is -0.444 e. The average molecular weight is 367 g/mol. The molecule has 0 atom stereocenters. The molecule has 2 aliphatic rings. The van der Waals surface area contributed by atoms with Gasteiger partial charge in [0.25, 0.3) is 5.91 Å². The summed E-state index contributed by atoms with van der Waals surface area (Å²) < 4.78 is 7.14. The van der Waals surface area contributed by atoms with Gasteiger partial charge in [0.2, 0.25) is 0 Å². The number of hydrogen-bond acceptors (Lipinski definition) is 4. The van der Waals surface area contributed by atoms with E-state index < -0.39 is 5.60 Å². The van der Waals surface area contributed by atoms with Crippen LogP contribution in [0.4, 0.5) is 4.79 Å². The number of nitrogens with zero attached hydrogens (tertiary/aromatic N) is 3. The normalized spacial score (nSPS) is 18.3. The summed E-state index contributed by atoms with van der Waals surface area (Å²) in [4.78, 5) is 30.2. The van der Waals surface area contributed by atoms with Gasteiger partial charge in [0.05, 0.1) is 12.4 Å². The predicted octanol–water partition coefficient (Wildman–Crippen LogP) is 2.78. The van der Waals surface area contributed by atoms with Crippen LogP contribution < -0.4 is 5.32 Å². The number of halogens is 1. The molecule has 3 rings (SSSR count). The maximum Gasteiger partial charge on any atom is 0.410 e. The van der Waals surface area contributed by atoms with Gasteiger partial charge in [0.1, 0.15) is 11.3 Å². The summed E-state index contributed by atoms with van der Waals surface area (Å²) >= 11 is 6.12. The second-order valence-corrected chi connectivity index (χ2v) is 7.80. The number of rotatable bonds is 3. The molecular formula is C17H23ClN4O3. The number of allylic oxidation sites excluding steroid dienone is 2. The number of nitrogens with one attached hydrogen (secondary N) is 1. The van der Waals surface area contributed by atoms with Gasteiger partial charge in [-0.1, -0.05) is 23.8 Å². The van der Waals surface area contributed by atoms with Crippen molar-refractivity contribution < 1.29 is 14.3 Å². The van der Waals surface area contributed by atoms with Gasteiger partial charge in [-0.2, -0.15) is 0 Å². The van der Waals surface area contributed by atoms with Gasteiger partial charge in [0, 0.05) is 19.1 Å². The zero-order valence-electron chi connectivity index (χ0n) is 14.7. The van der Waals surface area contributed by atoms with Crippen LogP contribution in [0.2, 0.25) is 5.15 Å². The molecule has 1 aromatic heterocycles. The van der Waals surface area contributed by atoms with E-state index in [1.54, 1.807) is 11.2 Å². The van der Waals surface area contributed by atoms with E-state index in [4.69, 9.17) is 16.3 Å². The summed E-state index contributed by atoms with van der Waals surface area (Å²) in [5, 5.41) is 3.12. The van der Waals surface area contributed by atoms with Crippen molar-refractivity contribution in [2.45, 2.75) is 51.3 Å². The fraction of sp³-hybridized carbons (Fsp3) is 0.588. The van der Waals surface area contributed by atoms with Gasteiger partial charge >= 0.3 is 6.09 Å². The van der Waals surface area contributed by atoms with E-state index in [-0.39, 0.29) is 29.2 Å². The Labute approximate surface area is 152 Å². The molecule has 0 spiro atoms. The standard InChI is InChI=1S/C17H23ClN4O3/c1-17(2,3)25-16(24)21-8-11(9-21)20-15(23)13-14(18)19-10-22(13)12-6-4-5-7-12/h4-5,10-12H,6-9H2,1-3H3,(H,20,23). The fourth-order valence-electron chi connectivity index (χ4n) is 2.96. The van der Waals surface area contributed by atoms with Crippen LogP contribution in [0, 0.1) is 0 Å². The molecule has 1 aromatic rings. The van der Waals surface area contributed by atoms with Crippen LogP contribution in [-0.2, 0) is 4.74 Å². The fourth-order valence-corrected chi connectivity index (χ4v) is 3.18. The third-order valence-electron chi connectivity index (χ3n) is 4.21. The molecule has 0 unspecified atom stereocenters. The van der Waals surface area contributed by atoms with Crippen LogP contribution in [0.15, 0.2) is 18.5 Å². The molecular weight excluding hydrogens is 344 g/mol. The van der Waals surface area contributed by atoms with E-state index in [0.29, 0.717) is 18.8 Å². The van der Waals surface area contributed by atoms with Crippen LogP contribution in [0.5, 0.6) is 0 Å². The molecule has 1 aliphatic carbocycles. The lowest BCUT2D eigenvalue weighted by molar-refractivity contribution is 0.00528. The zero-order valence-corrected chi connectivity index (χ0v) is 15.4. The van der Waals surface area contributed by atoms with E-state index in [1.807, 2.05) is 25.3 Å². The molecule has 0 saturated carbocycles. The number of carbonyl (C=O) groups excluding carboxylic acids is 2. The molecule has 1 N–H and O–H groups in total. The Bertz CT molecular complexity index is 693. The quantitative estimate of drug-likeness (QED) is 0.834. The van der Waals surface area contributed by atoms with Crippen molar-refractivity contribution in [1.82, 2.24) is 19.8 Å². The Morgan fingerprint density at radius 3 is 2.52 bits per heavy atom. The molecule has 2 heterocycles. The first-order valence-corrected chi connectivity index (χ1v) is 8.78. The van der Waals surface area contributed by atoms with Gasteiger partial charge < -0.3 is 19.5 Å². The van der Waals surface area contributed by atoms with Crippen molar-refractivity contribution in [1.29, 1.82) is 0 Å².